The average Bonchev–Trinajstić information content (AvgIpc) is 3.42. The van der Waals surface area contributed by atoms with Crippen LogP contribution < -0.4 is 4.31 Å². The van der Waals surface area contributed by atoms with Gasteiger partial charge in [0.15, 0.2) is 6.61 Å². The zero-order valence-corrected chi connectivity index (χ0v) is 20.8. The monoisotopic (exact) mass is 496 g/mol. The topological polar surface area (TPSA) is 94.9 Å². The van der Waals surface area contributed by atoms with E-state index in [9.17, 15) is 18.0 Å². The molecule has 8 nitrogen and oxygen atoms in total. The number of carbonyl (C=O) groups is 2. The molecule has 1 aliphatic rings. The number of nitrogens with zero attached hydrogens (tertiary/aromatic N) is 2. The van der Waals surface area contributed by atoms with Gasteiger partial charge in [-0.25, -0.2) is 13.2 Å². The number of hydrogen-bond donors (Lipinski definition) is 0. The number of aryl methyl sites for hydroxylation is 1. The lowest BCUT2D eigenvalue weighted by atomic mass is 10.1. The third-order valence-corrected chi connectivity index (χ3v) is 8.04. The number of methoxy groups -OCH3 is 1. The first kappa shape index (κ1) is 24.7. The molecule has 0 unspecified atom stereocenters. The first-order valence-electron chi connectivity index (χ1n) is 11.3. The highest BCUT2D eigenvalue weighted by atomic mass is 32.2. The van der Waals surface area contributed by atoms with Gasteiger partial charge in [-0.3, -0.25) is 9.10 Å². The van der Waals surface area contributed by atoms with E-state index in [0.717, 1.165) is 17.0 Å². The Hall–Kier alpha value is -3.43. The van der Waals surface area contributed by atoms with E-state index in [1.807, 2.05) is 30.5 Å². The van der Waals surface area contributed by atoms with Crippen LogP contribution in [-0.4, -0.2) is 51.6 Å². The van der Waals surface area contributed by atoms with Gasteiger partial charge in [-0.2, -0.15) is 0 Å². The standard InChI is InChI=1S/C26H28N2O6S/c1-18-15-23(19(2)27(18)13-14-33-3)25(29)17-34-26(30)21-8-6-9-22(16-21)35(31,32)28-12-11-20-7-4-5-10-24(20)28/h4-10,15-16H,11-14,17H2,1-3H3. The zero-order chi connectivity index (χ0) is 25.2. The number of sulfonamides is 1. The summed E-state index contributed by atoms with van der Waals surface area (Å²) >= 11 is 0. The van der Waals surface area contributed by atoms with E-state index < -0.39 is 22.6 Å². The van der Waals surface area contributed by atoms with Gasteiger partial charge in [-0.15, -0.1) is 0 Å². The van der Waals surface area contributed by atoms with Crippen LogP contribution in [0.1, 0.15) is 37.7 Å². The normalized spacial score (nSPS) is 13.1. The Bertz CT molecular complexity index is 1380. The van der Waals surface area contributed by atoms with Gasteiger partial charge in [-0.1, -0.05) is 24.3 Å². The molecule has 2 aromatic carbocycles. The maximum absolute atomic E-state index is 13.3. The lowest BCUT2D eigenvalue weighted by Gasteiger charge is -2.19. The number of benzene rings is 2. The summed E-state index contributed by atoms with van der Waals surface area (Å²) in [6.45, 7) is 4.77. The minimum Gasteiger partial charge on any atom is -0.454 e. The molecule has 0 saturated carbocycles. The van der Waals surface area contributed by atoms with E-state index in [1.54, 1.807) is 25.3 Å². The molecule has 1 aliphatic heterocycles. The van der Waals surface area contributed by atoms with Crippen molar-refractivity contribution in [2.75, 3.05) is 31.2 Å². The van der Waals surface area contributed by atoms with E-state index in [2.05, 4.69) is 0 Å². The molecule has 0 fully saturated rings. The largest absolute Gasteiger partial charge is 0.454 e. The van der Waals surface area contributed by atoms with Gasteiger partial charge < -0.3 is 14.0 Å². The molecular formula is C26H28N2O6S. The van der Waals surface area contributed by atoms with E-state index in [-0.39, 0.29) is 16.2 Å². The number of fused-ring (bicyclic) bond motifs is 1. The predicted octanol–water partition coefficient (Wildman–Crippen LogP) is 3.54. The molecule has 0 saturated heterocycles. The molecule has 0 N–H and O–H groups in total. The third kappa shape index (κ3) is 4.87. The molecule has 0 spiro atoms. The lowest BCUT2D eigenvalue weighted by molar-refractivity contribution is 0.0474. The highest BCUT2D eigenvalue weighted by Crippen LogP contribution is 2.32. The van der Waals surface area contributed by atoms with Crippen LogP contribution >= 0.6 is 0 Å². The number of para-hydroxylation sites is 1. The summed E-state index contributed by atoms with van der Waals surface area (Å²) in [5.41, 5.74) is 3.85. The minimum atomic E-state index is -3.85. The zero-order valence-electron chi connectivity index (χ0n) is 20.0. The van der Waals surface area contributed by atoms with Crippen molar-refractivity contribution in [2.24, 2.45) is 0 Å². The van der Waals surface area contributed by atoms with E-state index in [0.29, 0.717) is 37.4 Å². The molecule has 184 valence electrons. The van der Waals surface area contributed by atoms with Crippen LogP contribution in [-0.2, 0) is 32.5 Å². The average molecular weight is 497 g/mol. The van der Waals surface area contributed by atoms with E-state index in [4.69, 9.17) is 9.47 Å². The van der Waals surface area contributed by atoms with Crippen LogP contribution in [0.4, 0.5) is 5.69 Å². The molecule has 1 aromatic heterocycles. The van der Waals surface area contributed by atoms with Crippen molar-refractivity contribution >= 4 is 27.5 Å². The second-order valence-electron chi connectivity index (χ2n) is 8.41. The van der Waals surface area contributed by atoms with Crippen molar-refractivity contribution in [3.63, 3.8) is 0 Å². The number of hydrogen-bond acceptors (Lipinski definition) is 6. The molecule has 3 aromatic rings. The molecule has 4 rings (SSSR count). The van der Waals surface area contributed by atoms with Gasteiger partial charge >= 0.3 is 5.97 Å². The van der Waals surface area contributed by atoms with Crippen LogP contribution in [0, 0.1) is 13.8 Å². The molecule has 0 radical (unpaired) electrons. The number of aromatic nitrogens is 1. The van der Waals surface area contributed by atoms with E-state index >= 15 is 0 Å². The van der Waals surface area contributed by atoms with Gasteiger partial charge in [0.05, 0.1) is 22.8 Å². The number of rotatable bonds is 9. The Morgan fingerprint density at radius 3 is 2.57 bits per heavy atom. The number of carbonyl (C=O) groups excluding carboxylic acids is 2. The van der Waals surface area contributed by atoms with Gasteiger partial charge in [-0.05, 0) is 56.2 Å². The van der Waals surface area contributed by atoms with Crippen LogP contribution in [0.5, 0.6) is 0 Å². The maximum atomic E-state index is 13.3. The van der Waals surface area contributed by atoms with Crippen molar-refractivity contribution in [2.45, 2.75) is 31.7 Å². The Kier molecular flexibility index (Phi) is 7.09. The Labute approximate surface area is 205 Å². The summed E-state index contributed by atoms with van der Waals surface area (Å²) in [5.74, 6) is -1.09. The molecule has 2 heterocycles. The highest BCUT2D eigenvalue weighted by molar-refractivity contribution is 7.92. The Balaban J connectivity index is 1.47. The smallest absolute Gasteiger partial charge is 0.338 e. The fraction of sp³-hybridized carbons (Fsp3) is 0.308. The van der Waals surface area contributed by atoms with Crippen LogP contribution in [0.2, 0.25) is 0 Å². The first-order valence-corrected chi connectivity index (χ1v) is 12.7. The summed E-state index contributed by atoms with van der Waals surface area (Å²) in [7, 11) is -2.24. The van der Waals surface area contributed by atoms with Crippen molar-refractivity contribution < 1.29 is 27.5 Å². The highest BCUT2D eigenvalue weighted by Gasteiger charge is 2.31. The molecule has 9 heteroatoms. The summed E-state index contributed by atoms with van der Waals surface area (Å²) in [6, 6.07) is 14.8. The first-order chi connectivity index (χ1) is 16.7. The lowest BCUT2D eigenvalue weighted by Crippen LogP contribution is -2.29. The van der Waals surface area contributed by atoms with E-state index in [1.165, 1.54) is 28.6 Å². The fourth-order valence-corrected chi connectivity index (χ4v) is 5.92. The summed E-state index contributed by atoms with van der Waals surface area (Å²) in [6.07, 6.45) is 0.630. The summed E-state index contributed by atoms with van der Waals surface area (Å²) < 4.78 is 40.3. The Morgan fingerprint density at radius 1 is 1.03 bits per heavy atom. The second-order valence-corrected chi connectivity index (χ2v) is 10.3. The van der Waals surface area contributed by atoms with Gasteiger partial charge in [0.2, 0.25) is 5.78 Å². The van der Waals surface area contributed by atoms with Crippen molar-refractivity contribution in [3.05, 3.63) is 82.7 Å². The quantitative estimate of drug-likeness (QED) is 0.332. The number of Topliss-reactive ketones (excluding diaryl/α,β-unsaturated/α-hetero) is 1. The minimum absolute atomic E-state index is 0.00308. The predicted molar refractivity (Wildman–Crippen MR) is 132 cm³/mol. The van der Waals surface area contributed by atoms with Crippen molar-refractivity contribution in [3.8, 4) is 0 Å². The van der Waals surface area contributed by atoms with Crippen LogP contribution in [0.15, 0.2) is 59.5 Å². The molecule has 0 atom stereocenters. The third-order valence-electron chi connectivity index (χ3n) is 6.23. The number of esters is 1. The number of anilines is 1. The van der Waals surface area contributed by atoms with Gasteiger partial charge in [0, 0.05) is 37.2 Å². The van der Waals surface area contributed by atoms with Crippen molar-refractivity contribution in [1.29, 1.82) is 0 Å². The second kappa shape index (κ2) is 10.1. The van der Waals surface area contributed by atoms with Crippen molar-refractivity contribution in [1.82, 2.24) is 4.57 Å². The molecular weight excluding hydrogens is 468 g/mol. The van der Waals surface area contributed by atoms with Gasteiger partial charge in [0.1, 0.15) is 0 Å². The SMILES string of the molecule is COCCn1c(C)cc(C(=O)COC(=O)c2cccc(S(=O)(=O)N3CCc4ccccc43)c2)c1C. The molecule has 0 bridgehead atoms. The maximum Gasteiger partial charge on any atom is 0.338 e. The van der Waals surface area contributed by atoms with Crippen LogP contribution in [0.3, 0.4) is 0 Å². The fourth-order valence-electron chi connectivity index (χ4n) is 4.37. The summed E-state index contributed by atoms with van der Waals surface area (Å²) in [5, 5.41) is 0. The van der Waals surface area contributed by atoms with Crippen LogP contribution in [0.25, 0.3) is 0 Å². The molecule has 35 heavy (non-hydrogen) atoms. The summed E-state index contributed by atoms with van der Waals surface area (Å²) in [4.78, 5) is 25.4. The van der Waals surface area contributed by atoms with Gasteiger partial charge in [0.25, 0.3) is 10.0 Å². The number of ketones is 1. The number of ether oxygens (including phenoxy) is 2. The molecule has 0 amide bonds. The Morgan fingerprint density at radius 2 is 1.80 bits per heavy atom. The molecule has 0 aliphatic carbocycles.